The summed E-state index contributed by atoms with van der Waals surface area (Å²) in [5, 5.41) is 24.4. The minimum absolute atomic E-state index is 0.101. The summed E-state index contributed by atoms with van der Waals surface area (Å²) in [4.78, 5) is 25.7. The molecular weight excluding hydrogens is 453 g/mol. The molecule has 4 atom stereocenters. The van der Waals surface area contributed by atoms with Crippen LogP contribution >= 0.6 is 7.60 Å². The fraction of sp³-hybridized carbons (Fsp3) is 0.667. The molecule has 0 bridgehead atoms. The van der Waals surface area contributed by atoms with E-state index in [9.17, 15) is 23.6 Å². The lowest BCUT2D eigenvalue weighted by Gasteiger charge is -2.19. The van der Waals surface area contributed by atoms with Crippen LogP contribution in [0.25, 0.3) is 11.0 Å². The second-order valence-electron chi connectivity index (χ2n) is 8.03. The average molecular weight is 478 g/mol. The lowest BCUT2D eigenvalue weighted by Crippen LogP contribution is -2.33. The van der Waals surface area contributed by atoms with Crippen LogP contribution in [-0.4, -0.2) is 71.8 Å². The highest BCUT2D eigenvalue weighted by Crippen LogP contribution is 2.37. The summed E-state index contributed by atoms with van der Waals surface area (Å²) < 4.78 is 49.7. The van der Waals surface area contributed by atoms with E-state index in [4.69, 9.17) is 19.3 Å². The van der Waals surface area contributed by atoms with Gasteiger partial charge in [-0.2, -0.15) is 0 Å². The number of alkyl halides is 2. The topological polar surface area (TPSA) is 159 Å². The highest BCUT2D eigenvalue weighted by Gasteiger charge is 2.44. The number of aliphatic hydroxyl groups excluding tert-OH is 2. The first-order valence-electron chi connectivity index (χ1n) is 10.2. The highest BCUT2D eigenvalue weighted by molar-refractivity contribution is 7.51. The van der Waals surface area contributed by atoms with Crippen molar-refractivity contribution in [2.24, 2.45) is 0 Å². The fourth-order valence-corrected chi connectivity index (χ4v) is 4.45. The van der Waals surface area contributed by atoms with E-state index in [-0.39, 0.29) is 24.1 Å². The third-order valence-corrected chi connectivity index (χ3v) is 6.15. The lowest BCUT2D eigenvalue weighted by atomic mass is 10.1. The van der Waals surface area contributed by atoms with E-state index >= 15 is 0 Å². The van der Waals surface area contributed by atoms with Gasteiger partial charge in [-0.25, -0.2) is 18.7 Å². The first-order valence-corrected chi connectivity index (χ1v) is 12.0. The molecule has 1 saturated carbocycles. The molecule has 2 aromatic rings. The Morgan fingerprint density at radius 1 is 1.25 bits per heavy atom. The van der Waals surface area contributed by atoms with Gasteiger partial charge >= 0.3 is 7.60 Å². The van der Waals surface area contributed by atoms with E-state index < -0.39 is 50.7 Å². The van der Waals surface area contributed by atoms with E-state index in [0.717, 1.165) is 25.7 Å². The van der Waals surface area contributed by atoms with Gasteiger partial charge in [0.2, 0.25) is 0 Å². The van der Waals surface area contributed by atoms with Crippen molar-refractivity contribution in [3.8, 4) is 0 Å². The maximum Gasteiger partial charge on any atom is 0.350 e. The van der Waals surface area contributed by atoms with Crippen LogP contribution in [0.15, 0.2) is 12.3 Å². The molecule has 1 aliphatic carbocycles. The van der Waals surface area contributed by atoms with Crippen molar-refractivity contribution < 1.29 is 42.8 Å². The normalized spacial score (nSPS) is 27.1. The SMILES string of the molecule is O=P(O)(O)COC[C@H]1O[C@@H](n2ccc3c(NC4CCCC4)nc(C(F)F)nc32)[C@H](O)[C@@H]1O. The number of anilines is 1. The Morgan fingerprint density at radius 3 is 2.62 bits per heavy atom. The number of hydrogen-bond donors (Lipinski definition) is 5. The van der Waals surface area contributed by atoms with Gasteiger partial charge in [0.05, 0.1) is 12.0 Å². The highest BCUT2D eigenvalue weighted by atomic mass is 31.2. The Morgan fingerprint density at radius 2 is 1.97 bits per heavy atom. The van der Waals surface area contributed by atoms with Crippen molar-refractivity contribution in [2.45, 2.75) is 62.7 Å². The van der Waals surface area contributed by atoms with Crippen LogP contribution in [0, 0.1) is 0 Å². The molecule has 178 valence electrons. The molecule has 0 amide bonds. The maximum absolute atomic E-state index is 13.5. The molecule has 0 spiro atoms. The van der Waals surface area contributed by atoms with Crippen LogP contribution in [0.1, 0.15) is 44.2 Å². The molecule has 2 fully saturated rings. The number of aromatic nitrogens is 3. The van der Waals surface area contributed by atoms with Crippen LogP contribution in [0.5, 0.6) is 0 Å². The summed E-state index contributed by atoms with van der Waals surface area (Å²) in [6, 6.07) is 1.73. The predicted molar refractivity (Wildman–Crippen MR) is 107 cm³/mol. The third-order valence-electron chi connectivity index (χ3n) is 5.63. The lowest BCUT2D eigenvalue weighted by molar-refractivity contribution is -0.0611. The summed E-state index contributed by atoms with van der Waals surface area (Å²) in [6.45, 7) is -0.384. The predicted octanol–water partition coefficient (Wildman–Crippen LogP) is 1.49. The van der Waals surface area contributed by atoms with Gasteiger partial charge in [0.15, 0.2) is 12.1 Å². The first kappa shape index (κ1) is 23.4. The molecule has 1 aliphatic heterocycles. The smallest absolute Gasteiger partial charge is 0.350 e. The Bertz CT molecular complexity index is 997. The van der Waals surface area contributed by atoms with Gasteiger partial charge in [0.1, 0.15) is 36.1 Å². The van der Waals surface area contributed by atoms with E-state index in [1.165, 1.54) is 10.8 Å². The molecule has 14 heteroatoms. The van der Waals surface area contributed by atoms with Gasteiger partial charge in [0, 0.05) is 12.2 Å². The maximum atomic E-state index is 13.5. The first-order chi connectivity index (χ1) is 15.1. The molecule has 2 aromatic heterocycles. The molecule has 32 heavy (non-hydrogen) atoms. The van der Waals surface area contributed by atoms with Gasteiger partial charge in [-0.1, -0.05) is 12.8 Å². The summed E-state index contributed by atoms with van der Waals surface area (Å²) >= 11 is 0. The molecule has 3 heterocycles. The minimum Gasteiger partial charge on any atom is -0.387 e. The zero-order valence-electron chi connectivity index (χ0n) is 16.9. The molecule has 2 aliphatic rings. The number of hydrogen-bond acceptors (Lipinski definition) is 8. The van der Waals surface area contributed by atoms with E-state index in [1.54, 1.807) is 6.07 Å². The van der Waals surface area contributed by atoms with Crippen molar-refractivity contribution >= 4 is 24.4 Å². The molecule has 1 saturated heterocycles. The number of nitrogens with zero attached hydrogens (tertiary/aromatic N) is 3. The van der Waals surface area contributed by atoms with E-state index in [0.29, 0.717) is 5.39 Å². The number of halogens is 2. The van der Waals surface area contributed by atoms with E-state index in [2.05, 4.69) is 15.3 Å². The largest absolute Gasteiger partial charge is 0.387 e. The number of fused-ring (bicyclic) bond motifs is 1. The molecular formula is C18H25F2N4O7P. The van der Waals surface area contributed by atoms with Gasteiger partial charge in [-0.05, 0) is 18.9 Å². The molecule has 0 aromatic carbocycles. The number of ether oxygens (including phenoxy) is 2. The minimum atomic E-state index is -4.41. The van der Waals surface area contributed by atoms with Crippen molar-refractivity contribution in [1.29, 1.82) is 0 Å². The van der Waals surface area contributed by atoms with E-state index in [1.807, 2.05) is 0 Å². The monoisotopic (exact) mass is 478 g/mol. The molecule has 11 nitrogen and oxygen atoms in total. The second-order valence-corrected chi connectivity index (χ2v) is 9.62. The van der Waals surface area contributed by atoms with Gasteiger partial charge in [-0.3, -0.25) is 4.57 Å². The van der Waals surface area contributed by atoms with Crippen LogP contribution in [0.2, 0.25) is 0 Å². The van der Waals surface area contributed by atoms with Gasteiger partial charge in [-0.15, -0.1) is 0 Å². The standard InChI is InChI=1S/C18H25F2N4O7P/c19-14(20)16-22-15(21-9-3-1-2-4-9)10-5-6-24(17(10)23-16)18-13(26)12(25)11(31-18)7-30-8-32(27,28)29/h5-6,9,11-14,18,25-26H,1-4,7-8H2,(H,21,22,23)(H2,27,28,29)/t11-,12-,13-,18-/m1/s1. The van der Waals surface area contributed by atoms with Gasteiger partial charge < -0.3 is 39.4 Å². The molecule has 0 unspecified atom stereocenters. The fourth-order valence-electron chi connectivity index (χ4n) is 4.11. The van der Waals surface area contributed by atoms with Crippen LogP contribution < -0.4 is 5.32 Å². The number of rotatable bonds is 8. The number of nitrogens with one attached hydrogen (secondary N) is 1. The number of aliphatic hydroxyl groups is 2. The Kier molecular flexibility index (Phi) is 6.78. The molecule has 4 rings (SSSR count). The summed E-state index contributed by atoms with van der Waals surface area (Å²) in [6.07, 6.45) is -3.54. The Hall–Kier alpha value is -1.73. The van der Waals surface area contributed by atoms with Crippen LogP contribution in [0.3, 0.4) is 0 Å². The zero-order chi connectivity index (χ0) is 23.0. The summed E-state index contributed by atoms with van der Waals surface area (Å²) in [5.41, 5.74) is 0.101. The molecule has 5 N–H and O–H groups in total. The average Bonchev–Trinajstić information content (AvgIpc) is 3.43. The van der Waals surface area contributed by atoms with Crippen LogP contribution in [0.4, 0.5) is 14.6 Å². The summed E-state index contributed by atoms with van der Waals surface area (Å²) in [7, 11) is -4.41. The second kappa shape index (κ2) is 9.26. The quantitative estimate of drug-likeness (QED) is 0.352. The zero-order valence-corrected chi connectivity index (χ0v) is 17.8. The van der Waals surface area contributed by atoms with Crippen molar-refractivity contribution in [1.82, 2.24) is 14.5 Å². The third kappa shape index (κ3) is 4.93. The Balaban J connectivity index is 1.60. The molecule has 0 radical (unpaired) electrons. The summed E-state index contributed by atoms with van der Waals surface area (Å²) in [5.74, 6) is -0.405. The van der Waals surface area contributed by atoms with Crippen molar-refractivity contribution in [3.63, 3.8) is 0 Å². The van der Waals surface area contributed by atoms with Gasteiger partial charge in [0.25, 0.3) is 6.43 Å². The Labute approximate surface area is 181 Å². The van der Waals surface area contributed by atoms with Crippen LogP contribution in [-0.2, 0) is 14.0 Å². The van der Waals surface area contributed by atoms with Crippen molar-refractivity contribution in [3.05, 3.63) is 18.1 Å². The van der Waals surface area contributed by atoms with Crippen molar-refractivity contribution in [2.75, 3.05) is 18.3 Å².